The van der Waals surface area contributed by atoms with Crippen molar-refractivity contribution in [3.05, 3.63) is 28.8 Å². The Labute approximate surface area is 143 Å². The van der Waals surface area contributed by atoms with Crippen LogP contribution < -0.4 is 15.4 Å². The van der Waals surface area contributed by atoms with Crippen molar-refractivity contribution in [2.45, 2.75) is 25.9 Å². The van der Waals surface area contributed by atoms with E-state index in [1.54, 1.807) is 26.3 Å². The van der Waals surface area contributed by atoms with Crippen LogP contribution in [0.2, 0.25) is 5.02 Å². The molecular formula is C15H24ClN3O3S. The summed E-state index contributed by atoms with van der Waals surface area (Å²) < 4.78 is 27.7. The average molecular weight is 362 g/mol. The van der Waals surface area contributed by atoms with Gasteiger partial charge >= 0.3 is 0 Å². The van der Waals surface area contributed by atoms with Crippen molar-refractivity contribution in [1.82, 2.24) is 10.6 Å². The summed E-state index contributed by atoms with van der Waals surface area (Å²) in [6.07, 6.45) is 1.75. The van der Waals surface area contributed by atoms with Gasteiger partial charge in [0.05, 0.1) is 12.9 Å². The summed E-state index contributed by atoms with van der Waals surface area (Å²) in [5.41, 5.74) is 0.948. The first kappa shape index (κ1) is 19.6. The minimum atomic E-state index is -2.96. The van der Waals surface area contributed by atoms with E-state index in [4.69, 9.17) is 16.3 Å². The van der Waals surface area contributed by atoms with Gasteiger partial charge < -0.3 is 15.4 Å². The molecule has 23 heavy (non-hydrogen) atoms. The van der Waals surface area contributed by atoms with Crippen LogP contribution >= 0.6 is 11.6 Å². The lowest BCUT2D eigenvalue weighted by Crippen LogP contribution is -2.42. The first-order valence-corrected chi connectivity index (χ1v) is 9.66. The van der Waals surface area contributed by atoms with Crippen molar-refractivity contribution >= 4 is 27.4 Å². The normalized spacial score (nSPS) is 13.5. The Bertz CT molecular complexity index is 647. The third kappa shape index (κ3) is 7.56. The number of sulfone groups is 1. The Morgan fingerprint density at radius 1 is 1.43 bits per heavy atom. The van der Waals surface area contributed by atoms with Gasteiger partial charge in [0.1, 0.15) is 15.6 Å². The number of halogens is 1. The number of rotatable bonds is 7. The summed E-state index contributed by atoms with van der Waals surface area (Å²) in [4.78, 5) is 4.14. The maximum atomic E-state index is 11.2. The van der Waals surface area contributed by atoms with Gasteiger partial charge in [0.25, 0.3) is 0 Å². The average Bonchev–Trinajstić information content (AvgIpc) is 2.49. The van der Waals surface area contributed by atoms with Gasteiger partial charge in [-0.25, -0.2) is 8.42 Å². The van der Waals surface area contributed by atoms with Gasteiger partial charge in [-0.15, -0.1) is 0 Å². The topological polar surface area (TPSA) is 79.8 Å². The van der Waals surface area contributed by atoms with Gasteiger partial charge in [-0.3, -0.25) is 4.99 Å². The molecule has 0 aliphatic heterocycles. The standard InChI is InChI=1S/C15H24ClN3O3S/c1-11(7-8-23(4,20)21)19-15(17-2)18-10-12-5-6-13(16)9-14(12)22-3/h5-6,9,11H,7-8,10H2,1-4H3,(H2,17,18,19). The lowest BCUT2D eigenvalue weighted by Gasteiger charge is -2.18. The molecule has 1 atom stereocenters. The molecule has 6 nitrogen and oxygen atoms in total. The molecule has 0 fully saturated rings. The quantitative estimate of drug-likeness (QED) is 0.572. The molecule has 0 aliphatic carbocycles. The Morgan fingerprint density at radius 2 is 2.13 bits per heavy atom. The fraction of sp³-hybridized carbons (Fsp3) is 0.533. The van der Waals surface area contributed by atoms with Gasteiger partial charge in [0.2, 0.25) is 0 Å². The Hall–Kier alpha value is -1.47. The second-order valence-corrected chi connectivity index (χ2v) is 8.04. The molecule has 0 heterocycles. The number of ether oxygens (including phenoxy) is 1. The van der Waals surface area contributed by atoms with Gasteiger partial charge in [0, 0.05) is 36.5 Å². The number of hydrogen-bond donors (Lipinski definition) is 2. The van der Waals surface area contributed by atoms with Gasteiger partial charge in [-0.2, -0.15) is 0 Å². The summed E-state index contributed by atoms with van der Waals surface area (Å²) >= 11 is 5.94. The molecule has 0 saturated carbocycles. The van der Waals surface area contributed by atoms with Crippen LogP contribution in [-0.4, -0.2) is 46.6 Å². The number of benzene rings is 1. The molecule has 1 unspecified atom stereocenters. The SMILES string of the molecule is CN=C(NCc1ccc(Cl)cc1OC)NC(C)CCS(C)(=O)=O. The molecule has 0 aliphatic rings. The highest BCUT2D eigenvalue weighted by Crippen LogP contribution is 2.22. The van der Waals surface area contributed by atoms with Crippen molar-refractivity contribution in [3.8, 4) is 5.75 Å². The molecule has 1 aromatic rings. The molecule has 0 aromatic heterocycles. The largest absolute Gasteiger partial charge is 0.496 e. The summed E-state index contributed by atoms with van der Waals surface area (Å²) in [6.45, 7) is 2.43. The lowest BCUT2D eigenvalue weighted by atomic mass is 10.2. The van der Waals surface area contributed by atoms with E-state index in [0.717, 1.165) is 5.56 Å². The maximum absolute atomic E-state index is 11.2. The molecule has 1 aromatic carbocycles. The van der Waals surface area contributed by atoms with Crippen LogP contribution in [-0.2, 0) is 16.4 Å². The van der Waals surface area contributed by atoms with E-state index in [0.29, 0.717) is 29.7 Å². The summed E-state index contributed by atoms with van der Waals surface area (Å²) in [5, 5.41) is 6.95. The zero-order chi connectivity index (χ0) is 17.5. The highest BCUT2D eigenvalue weighted by molar-refractivity contribution is 7.90. The van der Waals surface area contributed by atoms with Gasteiger partial charge in [0.15, 0.2) is 5.96 Å². The van der Waals surface area contributed by atoms with E-state index in [2.05, 4.69) is 15.6 Å². The summed E-state index contributed by atoms with van der Waals surface area (Å²) in [7, 11) is 0.298. The van der Waals surface area contributed by atoms with E-state index in [-0.39, 0.29) is 11.8 Å². The third-order valence-corrected chi connectivity index (χ3v) is 4.44. The number of nitrogens with zero attached hydrogens (tertiary/aromatic N) is 1. The monoisotopic (exact) mass is 361 g/mol. The predicted octanol–water partition coefficient (Wildman–Crippen LogP) is 1.84. The minimum Gasteiger partial charge on any atom is -0.496 e. The fourth-order valence-corrected chi connectivity index (χ4v) is 2.88. The predicted molar refractivity (Wildman–Crippen MR) is 95.1 cm³/mol. The molecular weight excluding hydrogens is 338 g/mol. The van der Waals surface area contributed by atoms with Crippen LogP contribution in [0.5, 0.6) is 5.75 Å². The van der Waals surface area contributed by atoms with Crippen molar-refractivity contribution < 1.29 is 13.2 Å². The minimum absolute atomic E-state index is 0.0111. The van der Waals surface area contributed by atoms with E-state index in [1.807, 2.05) is 13.0 Å². The summed E-state index contributed by atoms with van der Waals surface area (Å²) in [6, 6.07) is 5.42. The fourth-order valence-electron chi connectivity index (χ4n) is 1.93. The highest BCUT2D eigenvalue weighted by Gasteiger charge is 2.10. The van der Waals surface area contributed by atoms with Crippen molar-refractivity contribution in [2.75, 3.05) is 26.2 Å². The summed E-state index contributed by atoms with van der Waals surface area (Å²) in [5.74, 6) is 1.44. The van der Waals surface area contributed by atoms with E-state index >= 15 is 0 Å². The molecule has 0 radical (unpaired) electrons. The van der Waals surface area contributed by atoms with Crippen LogP contribution in [0.4, 0.5) is 0 Å². The number of aliphatic imine (C=N–C) groups is 1. The van der Waals surface area contributed by atoms with Crippen molar-refractivity contribution in [3.63, 3.8) is 0 Å². The Kier molecular flexibility index (Phi) is 7.64. The molecule has 1 rings (SSSR count). The maximum Gasteiger partial charge on any atom is 0.191 e. The zero-order valence-corrected chi connectivity index (χ0v) is 15.5. The number of guanidine groups is 1. The zero-order valence-electron chi connectivity index (χ0n) is 13.9. The second kappa shape index (κ2) is 8.98. The molecule has 8 heteroatoms. The third-order valence-electron chi connectivity index (χ3n) is 3.22. The first-order valence-electron chi connectivity index (χ1n) is 7.22. The number of nitrogens with one attached hydrogen (secondary N) is 2. The van der Waals surface area contributed by atoms with Crippen LogP contribution in [0.15, 0.2) is 23.2 Å². The molecule has 0 amide bonds. The Morgan fingerprint density at radius 3 is 2.70 bits per heavy atom. The van der Waals surface area contributed by atoms with Crippen molar-refractivity contribution in [1.29, 1.82) is 0 Å². The number of hydrogen-bond acceptors (Lipinski definition) is 4. The van der Waals surface area contributed by atoms with Crippen LogP contribution in [0.25, 0.3) is 0 Å². The molecule has 0 saturated heterocycles. The van der Waals surface area contributed by atoms with Crippen LogP contribution in [0.1, 0.15) is 18.9 Å². The van der Waals surface area contributed by atoms with Gasteiger partial charge in [-0.1, -0.05) is 17.7 Å². The van der Waals surface area contributed by atoms with E-state index in [1.165, 1.54) is 6.26 Å². The molecule has 0 bridgehead atoms. The molecule has 0 spiro atoms. The van der Waals surface area contributed by atoms with E-state index in [9.17, 15) is 8.42 Å². The smallest absolute Gasteiger partial charge is 0.191 e. The Balaban J connectivity index is 2.58. The molecule has 130 valence electrons. The van der Waals surface area contributed by atoms with Crippen LogP contribution in [0, 0.1) is 0 Å². The van der Waals surface area contributed by atoms with Gasteiger partial charge in [-0.05, 0) is 25.5 Å². The van der Waals surface area contributed by atoms with E-state index < -0.39 is 9.84 Å². The first-order chi connectivity index (χ1) is 10.7. The lowest BCUT2D eigenvalue weighted by molar-refractivity contribution is 0.409. The second-order valence-electron chi connectivity index (χ2n) is 5.35. The molecule has 2 N–H and O–H groups in total. The van der Waals surface area contributed by atoms with Crippen molar-refractivity contribution in [2.24, 2.45) is 4.99 Å². The number of methoxy groups -OCH3 is 1. The van der Waals surface area contributed by atoms with Crippen LogP contribution in [0.3, 0.4) is 0 Å². The highest BCUT2D eigenvalue weighted by atomic mass is 35.5.